The van der Waals surface area contributed by atoms with Crippen molar-refractivity contribution >= 4 is 28.2 Å². The highest BCUT2D eigenvalue weighted by Gasteiger charge is 2.19. The lowest BCUT2D eigenvalue weighted by atomic mass is 10.0. The minimum atomic E-state index is -1.08. The minimum Gasteiger partial charge on any atom is -0.338 e. The van der Waals surface area contributed by atoms with E-state index in [1.165, 1.54) is 11.3 Å². The molecule has 0 amide bonds. The first-order valence-electron chi connectivity index (χ1n) is 8.93. The van der Waals surface area contributed by atoms with Crippen molar-refractivity contribution < 1.29 is 4.21 Å². The molecule has 7 heteroatoms. The maximum absolute atomic E-state index is 11.4. The van der Waals surface area contributed by atoms with Crippen molar-refractivity contribution in [2.45, 2.75) is 13.0 Å². The quantitative estimate of drug-likeness (QED) is 0.635. The zero-order valence-corrected chi connectivity index (χ0v) is 16.3. The lowest BCUT2D eigenvalue weighted by Gasteiger charge is -2.14. The molecule has 140 valence electrons. The van der Waals surface area contributed by atoms with E-state index < -0.39 is 11.0 Å². The summed E-state index contributed by atoms with van der Waals surface area (Å²) in [6.45, 7) is 1.85. The van der Waals surface area contributed by atoms with Gasteiger partial charge < -0.3 is 15.4 Å². The summed E-state index contributed by atoms with van der Waals surface area (Å²) in [6.07, 6.45) is 2.63. The van der Waals surface area contributed by atoms with Crippen LogP contribution in [0.15, 0.2) is 48.5 Å². The number of hydrogen-bond acceptors (Lipinski definition) is 4. The molecule has 1 aliphatic rings. The lowest BCUT2D eigenvalue weighted by Crippen LogP contribution is -2.24. The van der Waals surface area contributed by atoms with Crippen LogP contribution in [0.3, 0.4) is 0 Å². The molecular formula is C20H23N5OS. The molecule has 2 aromatic carbocycles. The molecule has 2 heterocycles. The molecule has 0 radical (unpaired) electrons. The van der Waals surface area contributed by atoms with Crippen molar-refractivity contribution in [1.29, 1.82) is 0 Å². The fraction of sp³-hybridized carbons (Fsp3) is 0.250. The summed E-state index contributed by atoms with van der Waals surface area (Å²) in [4.78, 5) is 0. The Balaban J connectivity index is 1.54. The number of aromatic nitrogens is 2. The lowest BCUT2D eigenvalue weighted by molar-refractivity contribution is 0.604. The minimum absolute atomic E-state index is 0.849. The highest BCUT2D eigenvalue weighted by molar-refractivity contribution is 7.85. The Labute approximate surface area is 161 Å². The van der Waals surface area contributed by atoms with Gasteiger partial charge in [-0.25, -0.2) is 4.21 Å². The van der Waals surface area contributed by atoms with E-state index in [9.17, 15) is 4.21 Å². The number of nitrogens with zero attached hydrogens (tertiary/aromatic N) is 2. The first-order valence-corrected chi connectivity index (χ1v) is 10.5. The van der Waals surface area contributed by atoms with Crippen LogP contribution >= 0.6 is 0 Å². The number of nitrogens with one attached hydrogen (secondary N) is 3. The fourth-order valence-electron chi connectivity index (χ4n) is 3.43. The van der Waals surface area contributed by atoms with Gasteiger partial charge in [0.15, 0.2) is 5.82 Å². The van der Waals surface area contributed by atoms with Crippen LogP contribution in [0.2, 0.25) is 0 Å². The molecule has 0 saturated heterocycles. The molecule has 3 N–H and O–H groups in total. The van der Waals surface area contributed by atoms with Gasteiger partial charge in [0.1, 0.15) is 11.0 Å². The summed E-state index contributed by atoms with van der Waals surface area (Å²) >= 11 is 0. The fourth-order valence-corrected chi connectivity index (χ4v) is 3.89. The zero-order chi connectivity index (χ0) is 18.8. The normalized spacial score (nSPS) is 14.4. The van der Waals surface area contributed by atoms with Gasteiger partial charge in [-0.05, 0) is 35.4 Å². The monoisotopic (exact) mass is 381 g/mol. The highest BCUT2D eigenvalue weighted by Crippen LogP contribution is 2.28. The van der Waals surface area contributed by atoms with Gasteiger partial charge in [0.25, 0.3) is 0 Å². The first kappa shape index (κ1) is 17.8. The molecule has 1 unspecified atom stereocenters. The van der Waals surface area contributed by atoms with E-state index in [1.807, 2.05) is 36.0 Å². The molecule has 6 nitrogen and oxygen atoms in total. The molecule has 1 atom stereocenters. The molecule has 0 aliphatic carbocycles. The second-order valence-corrected chi connectivity index (χ2v) is 7.78. The van der Waals surface area contributed by atoms with Crippen LogP contribution in [0.25, 0.3) is 11.1 Å². The van der Waals surface area contributed by atoms with Crippen LogP contribution in [0.4, 0.5) is 17.2 Å². The van der Waals surface area contributed by atoms with Gasteiger partial charge in [0.2, 0.25) is 0 Å². The second kappa shape index (κ2) is 7.54. The van der Waals surface area contributed by atoms with Crippen molar-refractivity contribution in [3.8, 4) is 11.1 Å². The van der Waals surface area contributed by atoms with E-state index in [0.717, 1.165) is 47.8 Å². The Hall–Kier alpha value is -2.64. The van der Waals surface area contributed by atoms with Crippen molar-refractivity contribution in [3.63, 3.8) is 0 Å². The molecule has 0 saturated carbocycles. The summed E-state index contributed by atoms with van der Waals surface area (Å²) in [7, 11) is 0.922. The van der Waals surface area contributed by atoms with E-state index in [-0.39, 0.29) is 0 Å². The van der Waals surface area contributed by atoms with Crippen LogP contribution < -0.4 is 15.4 Å². The van der Waals surface area contributed by atoms with E-state index in [4.69, 9.17) is 0 Å². The van der Waals surface area contributed by atoms with Gasteiger partial charge in [0.05, 0.1) is 0 Å². The number of fused-ring (bicyclic) bond motifs is 1. The summed E-state index contributed by atoms with van der Waals surface area (Å²) in [5.74, 6) is 0.920. The number of aryl methyl sites for hydroxylation is 1. The molecule has 0 fully saturated rings. The van der Waals surface area contributed by atoms with E-state index >= 15 is 0 Å². The number of benzene rings is 2. The number of rotatable bonds is 5. The van der Waals surface area contributed by atoms with Crippen LogP contribution in [-0.2, 0) is 31.0 Å². The average Bonchev–Trinajstić information content (AvgIpc) is 2.98. The molecular weight excluding hydrogens is 358 g/mol. The van der Waals surface area contributed by atoms with Crippen LogP contribution in [-0.4, -0.2) is 26.8 Å². The molecule has 27 heavy (non-hydrogen) atoms. The first-order chi connectivity index (χ1) is 13.1. The van der Waals surface area contributed by atoms with Gasteiger partial charge in [-0.1, -0.05) is 24.3 Å². The Kier molecular flexibility index (Phi) is 4.96. The van der Waals surface area contributed by atoms with E-state index in [1.54, 1.807) is 6.26 Å². The van der Waals surface area contributed by atoms with Crippen molar-refractivity contribution in [2.24, 2.45) is 7.05 Å². The predicted octanol–water partition coefficient (Wildman–Crippen LogP) is 3.18. The Morgan fingerprint density at radius 3 is 2.70 bits per heavy atom. The van der Waals surface area contributed by atoms with Crippen molar-refractivity contribution in [2.75, 3.05) is 22.8 Å². The summed E-state index contributed by atoms with van der Waals surface area (Å²) in [5.41, 5.74) is 6.59. The van der Waals surface area contributed by atoms with Crippen molar-refractivity contribution in [1.82, 2.24) is 15.1 Å². The Morgan fingerprint density at radius 2 is 1.93 bits per heavy atom. The summed E-state index contributed by atoms with van der Waals surface area (Å²) in [6, 6.07) is 16.2. The molecule has 1 aromatic heterocycles. The van der Waals surface area contributed by atoms with Gasteiger partial charge >= 0.3 is 0 Å². The van der Waals surface area contributed by atoms with Crippen LogP contribution in [0.1, 0.15) is 11.3 Å². The smallest absolute Gasteiger partial charge is 0.157 e. The van der Waals surface area contributed by atoms with Crippen molar-refractivity contribution in [3.05, 3.63) is 59.8 Å². The largest absolute Gasteiger partial charge is 0.338 e. The van der Waals surface area contributed by atoms with E-state index in [2.05, 4.69) is 44.7 Å². The topological polar surface area (TPSA) is 71.0 Å². The van der Waals surface area contributed by atoms with Crippen LogP contribution in [0.5, 0.6) is 0 Å². The molecule has 1 aliphatic heterocycles. The molecule has 0 spiro atoms. The maximum Gasteiger partial charge on any atom is 0.157 e. The van der Waals surface area contributed by atoms with E-state index in [0.29, 0.717) is 0 Å². The van der Waals surface area contributed by atoms with Crippen LogP contribution in [0, 0.1) is 0 Å². The average molecular weight is 382 g/mol. The predicted molar refractivity (Wildman–Crippen MR) is 111 cm³/mol. The standard InChI is InChI=1S/C20H23N5OS/c1-25-19-10-11-21-13-18(19)20(23-25)22-16-8-6-14(7-9-16)15-4-3-5-17(12-15)24-27(2)26/h3-9,12,21,24H,10-11,13H2,1-2H3,(H,22,23). The van der Waals surface area contributed by atoms with Gasteiger partial charge in [0, 0.05) is 55.4 Å². The number of hydrogen-bond donors (Lipinski definition) is 3. The third-order valence-electron chi connectivity index (χ3n) is 4.72. The SMILES string of the molecule is Cn1nc(Nc2ccc(-c3cccc(NS(C)=O)c3)cc2)c2c1CCNC2. The van der Waals surface area contributed by atoms with Gasteiger partial charge in [-0.15, -0.1) is 0 Å². The Morgan fingerprint density at radius 1 is 1.11 bits per heavy atom. The maximum atomic E-state index is 11.4. The third kappa shape index (κ3) is 3.89. The second-order valence-electron chi connectivity index (χ2n) is 6.66. The summed E-state index contributed by atoms with van der Waals surface area (Å²) < 4.78 is 16.3. The van der Waals surface area contributed by atoms with Gasteiger partial charge in [-0.2, -0.15) is 5.10 Å². The molecule has 3 aromatic rings. The molecule has 4 rings (SSSR count). The van der Waals surface area contributed by atoms with Gasteiger partial charge in [-0.3, -0.25) is 4.68 Å². The zero-order valence-electron chi connectivity index (χ0n) is 15.5. The molecule has 0 bridgehead atoms. The third-order valence-corrected chi connectivity index (χ3v) is 5.24. The summed E-state index contributed by atoms with van der Waals surface area (Å²) in [5, 5.41) is 11.5. The number of anilines is 3. The highest BCUT2D eigenvalue weighted by atomic mass is 32.2. The Bertz CT molecular complexity index is 981.